The number of alkyl halides is 1. The molecule has 2 atom stereocenters. The molecular weight excluding hydrogens is 290 g/mol. The minimum atomic E-state index is -0.121. The second kappa shape index (κ2) is 6.93. The van der Waals surface area contributed by atoms with E-state index >= 15 is 0 Å². The van der Waals surface area contributed by atoms with Gasteiger partial charge in [0.15, 0.2) is 0 Å². The zero-order valence-electron chi connectivity index (χ0n) is 11.4. The Morgan fingerprint density at radius 3 is 2.50 bits per heavy atom. The van der Waals surface area contributed by atoms with Gasteiger partial charge in [0.05, 0.1) is 5.92 Å². The Morgan fingerprint density at radius 2 is 2.00 bits per heavy atom. The van der Waals surface area contributed by atoms with E-state index in [4.69, 9.17) is 0 Å². The average Bonchev–Trinajstić information content (AvgIpc) is 2.39. The fourth-order valence-corrected chi connectivity index (χ4v) is 2.71. The van der Waals surface area contributed by atoms with Crippen LogP contribution in [0.1, 0.15) is 45.1 Å². The largest absolute Gasteiger partial charge is 0.350 e. The maximum Gasteiger partial charge on any atom is 0.227 e. The number of hydrogen-bond donors (Lipinski definition) is 1. The number of nitrogens with one attached hydrogen (secondary N) is 1. The van der Waals surface area contributed by atoms with Crippen LogP contribution in [0.25, 0.3) is 0 Å². The van der Waals surface area contributed by atoms with Crippen LogP contribution in [0.15, 0.2) is 30.3 Å². The molecule has 0 aliphatic rings. The molecule has 0 saturated heterocycles. The Balaban J connectivity index is 2.70. The highest BCUT2D eigenvalue weighted by molar-refractivity contribution is 9.09. The van der Waals surface area contributed by atoms with Crippen molar-refractivity contribution >= 4 is 21.8 Å². The molecule has 0 heterocycles. The summed E-state index contributed by atoms with van der Waals surface area (Å²) in [5.74, 6) is -0.00102. The zero-order chi connectivity index (χ0) is 13.6. The van der Waals surface area contributed by atoms with Crippen LogP contribution in [0.2, 0.25) is 0 Å². The molecule has 1 rings (SSSR count). The van der Waals surface area contributed by atoms with Crippen LogP contribution in [0.5, 0.6) is 0 Å². The van der Waals surface area contributed by atoms with Gasteiger partial charge in [0, 0.05) is 10.9 Å². The highest BCUT2D eigenvalue weighted by atomic mass is 79.9. The van der Waals surface area contributed by atoms with Crippen LogP contribution in [-0.2, 0) is 4.79 Å². The van der Waals surface area contributed by atoms with Gasteiger partial charge in [-0.15, -0.1) is 0 Å². The lowest BCUT2D eigenvalue weighted by Gasteiger charge is -2.30. The summed E-state index contributed by atoms with van der Waals surface area (Å²) in [7, 11) is 0. The van der Waals surface area contributed by atoms with Crippen molar-refractivity contribution in [1.82, 2.24) is 5.32 Å². The number of halogens is 1. The molecule has 0 radical (unpaired) electrons. The number of benzene rings is 1. The lowest BCUT2D eigenvalue weighted by Crippen LogP contribution is -2.47. The number of carbonyl (C=O) groups excluding carboxylic acids is 1. The van der Waals surface area contributed by atoms with Gasteiger partial charge in [-0.2, -0.15) is 0 Å². The number of rotatable bonds is 6. The average molecular weight is 312 g/mol. The quantitative estimate of drug-likeness (QED) is 0.794. The van der Waals surface area contributed by atoms with Crippen LogP contribution in [0, 0.1) is 0 Å². The van der Waals surface area contributed by atoms with E-state index in [0.717, 1.165) is 23.7 Å². The SMILES string of the molecule is CCC(C)(CCBr)NC(=O)C(C)c1ccccc1. The standard InChI is InChI=1S/C15H22BrNO/c1-4-15(3,10-11-16)17-14(18)12(2)13-8-6-5-7-9-13/h5-9,12H,4,10-11H2,1-3H3,(H,17,18). The van der Waals surface area contributed by atoms with Gasteiger partial charge in [0.1, 0.15) is 0 Å². The molecule has 3 heteroatoms. The van der Waals surface area contributed by atoms with Crippen LogP contribution >= 0.6 is 15.9 Å². The van der Waals surface area contributed by atoms with Crippen molar-refractivity contribution < 1.29 is 4.79 Å². The van der Waals surface area contributed by atoms with E-state index in [1.54, 1.807) is 0 Å². The van der Waals surface area contributed by atoms with E-state index < -0.39 is 0 Å². The number of hydrogen-bond acceptors (Lipinski definition) is 1. The molecule has 100 valence electrons. The molecule has 0 saturated carbocycles. The summed E-state index contributed by atoms with van der Waals surface area (Å²) in [6.45, 7) is 6.16. The lowest BCUT2D eigenvalue weighted by atomic mass is 9.93. The molecule has 1 amide bonds. The van der Waals surface area contributed by atoms with Crippen molar-refractivity contribution in [2.75, 3.05) is 5.33 Å². The summed E-state index contributed by atoms with van der Waals surface area (Å²) in [6.07, 6.45) is 1.88. The molecule has 1 aromatic carbocycles. The Labute approximate surface area is 118 Å². The van der Waals surface area contributed by atoms with Crippen LogP contribution in [0.3, 0.4) is 0 Å². The van der Waals surface area contributed by atoms with Crippen molar-refractivity contribution in [2.45, 2.75) is 45.1 Å². The first-order valence-electron chi connectivity index (χ1n) is 6.45. The predicted octanol–water partition coefficient (Wildman–Crippen LogP) is 3.86. The predicted molar refractivity (Wildman–Crippen MR) is 80.1 cm³/mol. The van der Waals surface area contributed by atoms with E-state index in [9.17, 15) is 4.79 Å². The van der Waals surface area contributed by atoms with Crippen molar-refractivity contribution in [3.05, 3.63) is 35.9 Å². The smallest absolute Gasteiger partial charge is 0.227 e. The maximum atomic E-state index is 12.3. The van der Waals surface area contributed by atoms with Gasteiger partial charge >= 0.3 is 0 Å². The van der Waals surface area contributed by atoms with Gasteiger partial charge < -0.3 is 5.32 Å². The minimum Gasteiger partial charge on any atom is -0.350 e. The summed E-state index contributed by atoms with van der Waals surface area (Å²) in [5.41, 5.74) is 0.941. The zero-order valence-corrected chi connectivity index (χ0v) is 13.0. The molecule has 1 aromatic rings. The molecule has 0 bridgehead atoms. The summed E-state index contributed by atoms with van der Waals surface area (Å²) >= 11 is 3.45. The summed E-state index contributed by atoms with van der Waals surface area (Å²) in [4.78, 5) is 12.3. The van der Waals surface area contributed by atoms with Crippen molar-refractivity contribution in [3.63, 3.8) is 0 Å². The number of amides is 1. The summed E-state index contributed by atoms with van der Waals surface area (Å²) in [6, 6.07) is 9.90. The maximum absolute atomic E-state index is 12.3. The first-order valence-corrected chi connectivity index (χ1v) is 7.57. The van der Waals surface area contributed by atoms with Gasteiger partial charge in [-0.1, -0.05) is 53.2 Å². The Bertz CT molecular complexity index is 379. The molecule has 0 aliphatic carbocycles. The van der Waals surface area contributed by atoms with Crippen LogP contribution in [-0.4, -0.2) is 16.8 Å². The third-order valence-electron chi connectivity index (χ3n) is 3.54. The third kappa shape index (κ3) is 4.13. The second-order valence-corrected chi connectivity index (χ2v) is 5.77. The van der Waals surface area contributed by atoms with Crippen molar-refractivity contribution in [1.29, 1.82) is 0 Å². The van der Waals surface area contributed by atoms with E-state index in [1.165, 1.54) is 0 Å². The lowest BCUT2D eigenvalue weighted by molar-refractivity contribution is -0.124. The van der Waals surface area contributed by atoms with Gasteiger partial charge in [0.2, 0.25) is 5.91 Å². The highest BCUT2D eigenvalue weighted by Crippen LogP contribution is 2.20. The van der Waals surface area contributed by atoms with E-state index in [0.29, 0.717) is 0 Å². The fraction of sp³-hybridized carbons (Fsp3) is 0.533. The Hall–Kier alpha value is -0.830. The highest BCUT2D eigenvalue weighted by Gasteiger charge is 2.26. The molecule has 2 nitrogen and oxygen atoms in total. The fourth-order valence-electron chi connectivity index (χ4n) is 1.83. The molecule has 0 aromatic heterocycles. The summed E-state index contributed by atoms with van der Waals surface area (Å²) in [5, 5.41) is 4.07. The minimum absolute atomic E-state index is 0.103. The molecule has 0 fully saturated rings. The van der Waals surface area contributed by atoms with Gasteiger partial charge in [-0.3, -0.25) is 4.79 Å². The molecule has 18 heavy (non-hydrogen) atoms. The molecule has 0 aliphatic heterocycles. The third-order valence-corrected chi connectivity index (χ3v) is 3.94. The van der Waals surface area contributed by atoms with Crippen molar-refractivity contribution in [2.24, 2.45) is 0 Å². The summed E-state index contributed by atoms with van der Waals surface area (Å²) < 4.78 is 0. The van der Waals surface area contributed by atoms with Gasteiger partial charge in [0.25, 0.3) is 0 Å². The monoisotopic (exact) mass is 311 g/mol. The van der Waals surface area contributed by atoms with E-state index in [2.05, 4.69) is 35.1 Å². The van der Waals surface area contributed by atoms with E-state index in [1.807, 2.05) is 37.3 Å². The molecular formula is C15H22BrNO. The van der Waals surface area contributed by atoms with Gasteiger partial charge in [-0.05, 0) is 32.3 Å². The molecule has 2 unspecified atom stereocenters. The first-order chi connectivity index (χ1) is 8.52. The van der Waals surface area contributed by atoms with Crippen LogP contribution in [0.4, 0.5) is 0 Å². The van der Waals surface area contributed by atoms with Crippen molar-refractivity contribution in [3.8, 4) is 0 Å². The van der Waals surface area contributed by atoms with Gasteiger partial charge in [-0.25, -0.2) is 0 Å². The second-order valence-electron chi connectivity index (χ2n) is 4.97. The van der Waals surface area contributed by atoms with Crippen LogP contribution < -0.4 is 5.32 Å². The molecule has 0 spiro atoms. The first kappa shape index (κ1) is 15.2. The molecule has 1 N–H and O–H groups in total. The van der Waals surface area contributed by atoms with E-state index in [-0.39, 0.29) is 17.4 Å². The topological polar surface area (TPSA) is 29.1 Å². The Morgan fingerprint density at radius 1 is 1.39 bits per heavy atom. The normalized spacial score (nSPS) is 15.8. The Kier molecular flexibility index (Phi) is 5.86. The number of carbonyl (C=O) groups is 1.